The van der Waals surface area contributed by atoms with E-state index in [1.54, 1.807) is 18.3 Å². The third-order valence-corrected chi connectivity index (χ3v) is 5.58. The Morgan fingerprint density at radius 1 is 1.12 bits per heavy atom. The number of halogens is 1. The number of benzene rings is 2. The number of nitrogens with one attached hydrogen (secondary N) is 1. The van der Waals surface area contributed by atoms with Gasteiger partial charge in [0.25, 0.3) is 5.91 Å². The molecule has 1 N–H and O–H groups in total. The zero-order valence-corrected chi connectivity index (χ0v) is 18.6. The topological polar surface area (TPSA) is 72.2 Å². The van der Waals surface area contributed by atoms with Gasteiger partial charge in [-0.3, -0.25) is 4.79 Å². The first-order chi connectivity index (χ1) is 15.5. The van der Waals surface area contributed by atoms with Gasteiger partial charge in [0.2, 0.25) is 0 Å². The molecule has 162 valence electrons. The van der Waals surface area contributed by atoms with E-state index < -0.39 is 0 Å². The average Bonchev–Trinajstić information content (AvgIpc) is 3.14. The van der Waals surface area contributed by atoms with Crippen molar-refractivity contribution < 1.29 is 9.18 Å². The van der Waals surface area contributed by atoms with Crippen LogP contribution in [0.25, 0.3) is 10.9 Å². The first-order valence-corrected chi connectivity index (χ1v) is 11.1. The van der Waals surface area contributed by atoms with Crippen molar-refractivity contribution in [3.05, 3.63) is 89.1 Å². The summed E-state index contributed by atoms with van der Waals surface area (Å²) in [5, 5.41) is 5.67. The summed E-state index contributed by atoms with van der Waals surface area (Å²) in [6.07, 6.45) is 3.59. The number of amides is 1. The highest BCUT2D eigenvalue weighted by Gasteiger charge is 2.06. The summed E-state index contributed by atoms with van der Waals surface area (Å²) in [5.41, 5.74) is 7.09. The molecule has 6 nitrogen and oxygen atoms in total. The summed E-state index contributed by atoms with van der Waals surface area (Å²) >= 11 is 1.27. The Morgan fingerprint density at radius 2 is 1.94 bits per heavy atom. The molecule has 2 aromatic heterocycles. The fourth-order valence-corrected chi connectivity index (χ4v) is 4.11. The molecular formula is C24H22FN5OS. The lowest BCUT2D eigenvalue weighted by molar-refractivity contribution is -0.118. The molecule has 0 aliphatic rings. The van der Waals surface area contributed by atoms with Gasteiger partial charge < -0.3 is 4.57 Å². The van der Waals surface area contributed by atoms with Gasteiger partial charge in [-0.1, -0.05) is 30.0 Å². The van der Waals surface area contributed by atoms with Crippen LogP contribution in [0.4, 0.5) is 4.39 Å². The molecule has 2 aromatic carbocycles. The van der Waals surface area contributed by atoms with Gasteiger partial charge in [0.15, 0.2) is 5.16 Å². The van der Waals surface area contributed by atoms with E-state index in [-0.39, 0.29) is 17.5 Å². The van der Waals surface area contributed by atoms with Crippen LogP contribution >= 0.6 is 11.8 Å². The second kappa shape index (κ2) is 9.74. The van der Waals surface area contributed by atoms with Gasteiger partial charge in [-0.05, 0) is 61.4 Å². The van der Waals surface area contributed by atoms with E-state index in [4.69, 9.17) is 0 Å². The van der Waals surface area contributed by atoms with Gasteiger partial charge in [-0.2, -0.15) is 5.10 Å². The normalized spacial score (nSPS) is 11.3. The van der Waals surface area contributed by atoms with Gasteiger partial charge in [0, 0.05) is 35.0 Å². The minimum Gasteiger partial charge on any atom is -0.343 e. The number of aryl methyl sites for hydroxylation is 2. The standard InChI is InChI=1S/C24H22FN5OS/c1-16-10-17(2)28-24(27-16)32-15-23(31)29-26-13-18-6-7-22-20(11-18)8-9-30(22)14-19-4-3-5-21(25)12-19/h3-13H,14-15H2,1-2H3,(H,29,31)/b26-13+. The molecule has 0 atom stereocenters. The summed E-state index contributed by atoms with van der Waals surface area (Å²) in [5.74, 6) is -0.280. The molecule has 2 heterocycles. The van der Waals surface area contributed by atoms with Crippen LogP contribution in [0.15, 0.2) is 71.1 Å². The molecule has 0 radical (unpaired) electrons. The number of thioether (sulfide) groups is 1. The molecular weight excluding hydrogens is 425 g/mol. The minimum atomic E-state index is -0.237. The predicted octanol–water partition coefficient (Wildman–Crippen LogP) is 4.48. The van der Waals surface area contributed by atoms with Crippen LogP contribution < -0.4 is 5.43 Å². The van der Waals surface area contributed by atoms with Gasteiger partial charge in [0.05, 0.1) is 12.0 Å². The lowest BCUT2D eigenvalue weighted by atomic mass is 10.1. The Morgan fingerprint density at radius 3 is 2.72 bits per heavy atom. The van der Waals surface area contributed by atoms with Gasteiger partial charge in [0.1, 0.15) is 5.82 Å². The van der Waals surface area contributed by atoms with E-state index in [0.29, 0.717) is 11.7 Å². The summed E-state index contributed by atoms with van der Waals surface area (Å²) in [6.45, 7) is 4.39. The van der Waals surface area contributed by atoms with Crippen molar-refractivity contribution in [3.8, 4) is 0 Å². The van der Waals surface area contributed by atoms with Crippen molar-refractivity contribution in [2.75, 3.05) is 5.75 Å². The van der Waals surface area contributed by atoms with Crippen molar-refractivity contribution in [1.29, 1.82) is 0 Å². The minimum absolute atomic E-state index is 0.183. The molecule has 0 spiro atoms. The number of hydrazone groups is 1. The number of hydrogen-bond acceptors (Lipinski definition) is 5. The molecule has 32 heavy (non-hydrogen) atoms. The summed E-state index contributed by atoms with van der Waals surface area (Å²) in [6, 6.07) is 16.4. The van der Waals surface area contributed by atoms with Crippen LogP contribution in [-0.4, -0.2) is 32.4 Å². The highest BCUT2D eigenvalue weighted by Crippen LogP contribution is 2.19. The van der Waals surface area contributed by atoms with Crippen LogP contribution in [0.1, 0.15) is 22.5 Å². The van der Waals surface area contributed by atoms with Crippen LogP contribution in [0.3, 0.4) is 0 Å². The molecule has 0 saturated heterocycles. The molecule has 4 aromatic rings. The van der Waals surface area contributed by atoms with E-state index in [1.807, 2.05) is 56.4 Å². The van der Waals surface area contributed by atoms with Crippen molar-refractivity contribution >= 4 is 34.8 Å². The lowest BCUT2D eigenvalue weighted by Crippen LogP contribution is -2.19. The van der Waals surface area contributed by atoms with Crippen LogP contribution in [0.5, 0.6) is 0 Å². The summed E-state index contributed by atoms with van der Waals surface area (Å²) < 4.78 is 15.5. The van der Waals surface area contributed by atoms with E-state index >= 15 is 0 Å². The van der Waals surface area contributed by atoms with Gasteiger partial charge >= 0.3 is 0 Å². The number of carbonyl (C=O) groups is 1. The summed E-state index contributed by atoms with van der Waals surface area (Å²) in [7, 11) is 0. The molecule has 8 heteroatoms. The van der Waals surface area contributed by atoms with E-state index in [1.165, 1.54) is 17.8 Å². The molecule has 0 aliphatic heterocycles. The highest BCUT2D eigenvalue weighted by atomic mass is 32.2. The Balaban J connectivity index is 1.35. The van der Waals surface area contributed by atoms with Crippen LogP contribution in [0, 0.1) is 19.7 Å². The quantitative estimate of drug-likeness (QED) is 0.196. The van der Waals surface area contributed by atoms with Crippen molar-refractivity contribution in [2.24, 2.45) is 5.10 Å². The molecule has 0 fully saturated rings. The zero-order chi connectivity index (χ0) is 22.5. The SMILES string of the molecule is Cc1cc(C)nc(SCC(=O)N/N=C/c2ccc3c(ccn3Cc3cccc(F)c3)c2)n1. The highest BCUT2D eigenvalue weighted by molar-refractivity contribution is 7.99. The van der Waals surface area contributed by atoms with Gasteiger partial charge in [-0.25, -0.2) is 19.8 Å². The first kappa shape index (κ1) is 21.7. The van der Waals surface area contributed by atoms with Crippen molar-refractivity contribution in [3.63, 3.8) is 0 Å². The number of rotatable bonds is 7. The Kier molecular flexibility index (Phi) is 6.61. The third-order valence-electron chi connectivity index (χ3n) is 4.73. The fourth-order valence-electron chi connectivity index (χ4n) is 3.37. The fraction of sp³-hybridized carbons (Fsp3) is 0.167. The molecule has 4 rings (SSSR count). The Hall–Kier alpha value is -3.52. The Bertz CT molecular complexity index is 1280. The number of hydrogen-bond donors (Lipinski definition) is 1. The maximum Gasteiger partial charge on any atom is 0.250 e. The zero-order valence-electron chi connectivity index (χ0n) is 17.7. The monoisotopic (exact) mass is 447 g/mol. The molecule has 0 unspecified atom stereocenters. The van der Waals surface area contributed by atoms with Crippen molar-refractivity contribution in [1.82, 2.24) is 20.0 Å². The molecule has 0 saturated carbocycles. The number of carbonyl (C=O) groups excluding carboxylic acids is 1. The van der Waals surface area contributed by atoms with Gasteiger partial charge in [-0.15, -0.1) is 0 Å². The molecule has 0 aliphatic carbocycles. The lowest BCUT2D eigenvalue weighted by Gasteiger charge is -2.06. The summed E-state index contributed by atoms with van der Waals surface area (Å²) in [4.78, 5) is 20.7. The third kappa shape index (κ3) is 5.59. The van der Waals surface area contributed by atoms with E-state index in [9.17, 15) is 9.18 Å². The smallest absolute Gasteiger partial charge is 0.250 e. The van der Waals surface area contributed by atoms with Crippen LogP contribution in [0.2, 0.25) is 0 Å². The molecule has 1 amide bonds. The maximum atomic E-state index is 13.4. The first-order valence-electron chi connectivity index (χ1n) is 10.1. The Labute approximate surface area is 189 Å². The predicted molar refractivity (Wildman–Crippen MR) is 125 cm³/mol. The second-order valence-corrected chi connectivity index (χ2v) is 8.35. The maximum absolute atomic E-state index is 13.4. The number of aromatic nitrogens is 3. The van der Waals surface area contributed by atoms with Crippen LogP contribution in [-0.2, 0) is 11.3 Å². The largest absolute Gasteiger partial charge is 0.343 e. The second-order valence-electron chi connectivity index (χ2n) is 7.41. The van der Waals surface area contributed by atoms with E-state index in [0.717, 1.165) is 33.4 Å². The average molecular weight is 448 g/mol. The van der Waals surface area contributed by atoms with Crippen molar-refractivity contribution in [2.45, 2.75) is 25.5 Å². The number of fused-ring (bicyclic) bond motifs is 1. The number of nitrogens with zero attached hydrogens (tertiary/aromatic N) is 4. The van der Waals surface area contributed by atoms with E-state index in [2.05, 4.69) is 25.1 Å². The molecule has 0 bridgehead atoms.